The quantitative estimate of drug-likeness (QED) is 0.740. The maximum Gasteiger partial charge on any atom is 0.316 e. The van der Waals surface area contributed by atoms with E-state index in [1.165, 1.54) is 12.1 Å². The summed E-state index contributed by atoms with van der Waals surface area (Å²) < 4.78 is 24.6. The molecular weight excluding hydrogens is 299 g/mol. The van der Waals surface area contributed by atoms with E-state index < -0.39 is 0 Å². The molecule has 0 saturated carbocycles. The minimum atomic E-state index is -0.334. The fourth-order valence-electron chi connectivity index (χ4n) is 2.61. The van der Waals surface area contributed by atoms with Crippen LogP contribution in [0.25, 0.3) is 11.1 Å². The second kappa shape index (κ2) is 5.49. The van der Waals surface area contributed by atoms with Gasteiger partial charge < -0.3 is 14.1 Å². The Hall–Kier alpha value is -2.70. The first-order chi connectivity index (χ1) is 11.2. The van der Waals surface area contributed by atoms with Gasteiger partial charge in [-0.1, -0.05) is 0 Å². The van der Waals surface area contributed by atoms with Crippen molar-refractivity contribution in [3.8, 4) is 6.01 Å². The molecule has 1 aliphatic heterocycles. The number of oxazole rings is 1. The van der Waals surface area contributed by atoms with E-state index in [1.807, 2.05) is 11.8 Å². The minimum absolute atomic E-state index is 0.0237. The number of benzene rings is 1. The largest absolute Gasteiger partial charge is 0.458 e. The normalized spacial score (nSPS) is 17.8. The smallest absolute Gasteiger partial charge is 0.316 e. The topological polar surface area (TPSA) is 64.3 Å². The number of aryl methyl sites for hydroxylation is 1. The van der Waals surface area contributed by atoms with Crippen molar-refractivity contribution in [2.24, 2.45) is 0 Å². The Balaban J connectivity index is 1.47. The van der Waals surface area contributed by atoms with Crippen LogP contribution in [0.2, 0.25) is 0 Å². The van der Waals surface area contributed by atoms with E-state index in [9.17, 15) is 4.39 Å². The van der Waals surface area contributed by atoms with Crippen molar-refractivity contribution in [2.75, 3.05) is 18.0 Å². The Kier molecular flexibility index (Phi) is 3.33. The van der Waals surface area contributed by atoms with Crippen molar-refractivity contribution in [3.05, 3.63) is 42.0 Å². The van der Waals surface area contributed by atoms with Gasteiger partial charge in [0.05, 0.1) is 6.54 Å². The van der Waals surface area contributed by atoms with E-state index in [-0.39, 0.29) is 11.9 Å². The monoisotopic (exact) mass is 314 g/mol. The van der Waals surface area contributed by atoms with Crippen LogP contribution in [0.1, 0.15) is 12.0 Å². The molecule has 1 aliphatic rings. The van der Waals surface area contributed by atoms with Crippen LogP contribution < -0.4 is 9.64 Å². The van der Waals surface area contributed by atoms with Crippen molar-refractivity contribution in [2.45, 2.75) is 19.4 Å². The van der Waals surface area contributed by atoms with Gasteiger partial charge in [0.25, 0.3) is 6.01 Å². The highest BCUT2D eigenvalue weighted by atomic mass is 19.1. The molecule has 1 aromatic carbocycles. The third-order valence-electron chi connectivity index (χ3n) is 3.78. The summed E-state index contributed by atoms with van der Waals surface area (Å²) >= 11 is 0. The molecule has 0 aliphatic carbocycles. The third-order valence-corrected chi connectivity index (χ3v) is 3.78. The molecule has 1 saturated heterocycles. The van der Waals surface area contributed by atoms with E-state index in [1.54, 1.807) is 18.5 Å². The zero-order valence-electron chi connectivity index (χ0n) is 12.6. The average Bonchev–Trinajstić information content (AvgIpc) is 3.15. The van der Waals surface area contributed by atoms with Gasteiger partial charge in [0.15, 0.2) is 5.58 Å². The lowest BCUT2D eigenvalue weighted by atomic mass is 10.3. The second-order valence-electron chi connectivity index (χ2n) is 5.63. The van der Waals surface area contributed by atoms with Crippen LogP contribution in [0.4, 0.5) is 10.4 Å². The van der Waals surface area contributed by atoms with Crippen LogP contribution in [0, 0.1) is 12.7 Å². The molecule has 6 nitrogen and oxygen atoms in total. The molecule has 3 aromatic rings. The molecule has 0 bridgehead atoms. The summed E-state index contributed by atoms with van der Waals surface area (Å²) in [5.41, 5.74) is 2.09. The highest BCUT2D eigenvalue weighted by Crippen LogP contribution is 2.26. The number of fused-ring (bicyclic) bond motifs is 1. The Morgan fingerprint density at radius 1 is 1.30 bits per heavy atom. The molecule has 7 heteroatoms. The second-order valence-corrected chi connectivity index (χ2v) is 5.63. The third kappa shape index (κ3) is 2.81. The summed E-state index contributed by atoms with van der Waals surface area (Å²) in [7, 11) is 0. The predicted molar refractivity (Wildman–Crippen MR) is 82.0 cm³/mol. The fourth-order valence-corrected chi connectivity index (χ4v) is 2.61. The lowest BCUT2D eigenvalue weighted by molar-refractivity contribution is 0.205. The van der Waals surface area contributed by atoms with Crippen molar-refractivity contribution < 1.29 is 13.5 Å². The lowest BCUT2D eigenvalue weighted by Crippen LogP contribution is -2.25. The van der Waals surface area contributed by atoms with Crippen molar-refractivity contribution >= 4 is 17.1 Å². The molecule has 23 heavy (non-hydrogen) atoms. The van der Waals surface area contributed by atoms with Gasteiger partial charge in [0.1, 0.15) is 17.4 Å². The zero-order chi connectivity index (χ0) is 15.8. The number of ether oxygens (including phenoxy) is 1. The van der Waals surface area contributed by atoms with Gasteiger partial charge in [0, 0.05) is 31.4 Å². The van der Waals surface area contributed by atoms with Gasteiger partial charge in [0.2, 0.25) is 0 Å². The van der Waals surface area contributed by atoms with Crippen LogP contribution in [0.3, 0.4) is 0 Å². The highest BCUT2D eigenvalue weighted by Gasteiger charge is 2.28. The Morgan fingerprint density at radius 3 is 2.96 bits per heavy atom. The molecule has 0 amide bonds. The van der Waals surface area contributed by atoms with Crippen LogP contribution in [-0.2, 0) is 0 Å². The van der Waals surface area contributed by atoms with Crippen molar-refractivity contribution in [1.82, 2.24) is 15.0 Å². The molecular formula is C16H15FN4O2. The van der Waals surface area contributed by atoms with Crippen LogP contribution in [0.5, 0.6) is 6.01 Å². The van der Waals surface area contributed by atoms with E-state index in [4.69, 9.17) is 9.15 Å². The minimum Gasteiger partial charge on any atom is -0.458 e. The maximum atomic E-state index is 13.2. The number of hydrogen-bond acceptors (Lipinski definition) is 6. The summed E-state index contributed by atoms with van der Waals surface area (Å²) in [5, 5.41) is 0. The number of halogens is 1. The molecule has 2 aromatic heterocycles. The molecule has 4 rings (SSSR count). The molecule has 1 fully saturated rings. The van der Waals surface area contributed by atoms with Crippen LogP contribution >= 0.6 is 0 Å². The zero-order valence-corrected chi connectivity index (χ0v) is 12.6. The first-order valence-electron chi connectivity index (χ1n) is 7.44. The van der Waals surface area contributed by atoms with Gasteiger partial charge in [-0.2, -0.15) is 4.98 Å². The highest BCUT2D eigenvalue weighted by molar-refractivity contribution is 5.74. The summed E-state index contributed by atoms with van der Waals surface area (Å²) in [6, 6.07) is 5.19. The molecule has 0 N–H and O–H groups in total. The van der Waals surface area contributed by atoms with Gasteiger partial charge >= 0.3 is 6.01 Å². The van der Waals surface area contributed by atoms with Gasteiger partial charge in [-0.3, -0.25) is 0 Å². The Morgan fingerprint density at radius 2 is 2.13 bits per heavy atom. The van der Waals surface area contributed by atoms with Crippen molar-refractivity contribution in [3.63, 3.8) is 0 Å². The molecule has 3 heterocycles. The lowest BCUT2D eigenvalue weighted by Gasteiger charge is -2.14. The number of hydrogen-bond donors (Lipinski definition) is 0. The van der Waals surface area contributed by atoms with E-state index >= 15 is 0 Å². The number of aromatic nitrogens is 3. The average molecular weight is 314 g/mol. The molecule has 118 valence electrons. The van der Waals surface area contributed by atoms with Crippen molar-refractivity contribution in [1.29, 1.82) is 0 Å². The number of rotatable bonds is 3. The summed E-state index contributed by atoms with van der Waals surface area (Å²) in [6.45, 7) is 3.32. The van der Waals surface area contributed by atoms with Gasteiger partial charge in [-0.25, -0.2) is 14.4 Å². The predicted octanol–water partition coefficient (Wildman–Crippen LogP) is 2.72. The standard InChI is InChI=1S/C16H15FN4O2/c1-10-7-18-15(19-8-10)22-12-4-5-21(9-12)16-20-13-3-2-11(17)6-14(13)23-16/h2-3,6-8,12H,4-5,9H2,1H3. The Bertz CT molecular complexity index is 834. The summed E-state index contributed by atoms with van der Waals surface area (Å²) in [5.74, 6) is -0.334. The van der Waals surface area contributed by atoms with Crippen LogP contribution in [0.15, 0.2) is 35.0 Å². The van der Waals surface area contributed by atoms with E-state index in [2.05, 4.69) is 15.0 Å². The SMILES string of the molecule is Cc1cnc(OC2CCN(c3nc4ccc(F)cc4o3)C2)nc1. The maximum absolute atomic E-state index is 13.2. The first kappa shape index (κ1) is 13.9. The summed E-state index contributed by atoms with van der Waals surface area (Å²) in [6.07, 6.45) is 4.25. The molecule has 1 atom stereocenters. The first-order valence-corrected chi connectivity index (χ1v) is 7.44. The molecule has 0 spiro atoms. The molecule has 1 unspecified atom stereocenters. The number of nitrogens with zero attached hydrogens (tertiary/aromatic N) is 4. The summed E-state index contributed by atoms with van der Waals surface area (Å²) in [4.78, 5) is 14.7. The number of anilines is 1. The van der Waals surface area contributed by atoms with Gasteiger partial charge in [-0.05, 0) is 24.6 Å². The van der Waals surface area contributed by atoms with Gasteiger partial charge in [-0.15, -0.1) is 0 Å². The fraction of sp³-hybridized carbons (Fsp3) is 0.312. The Labute approximate surface area is 131 Å². The van der Waals surface area contributed by atoms with Crippen LogP contribution in [-0.4, -0.2) is 34.1 Å². The van der Waals surface area contributed by atoms with E-state index in [0.717, 1.165) is 18.5 Å². The molecule has 0 radical (unpaired) electrons. The van der Waals surface area contributed by atoms with E-state index in [0.29, 0.717) is 29.7 Å².